The van der Waals surface area contributed by atoms with Crippen molar-refractivity contribution in [1.82, 2.24) is 5.43 Å². The molecule has 8 heteroatoms. The number of nitrogens with one attached hydrogen (secondary N) is 2. The van der Waals surface area contributed by atoms with Gasteiger partial charge in [0.15, 0.2) is 11.5 Å². The van der Waals surface area contributed by atoms with Crippen molar-refractivity contribution < 1.29 is 19.1 Å². The Morgan fingerprint density at radius 3 is 2.53 bits per heavy atom. The largest absolute Gasteiger partial charge is 0.490 e. The average molecular weight is 480 g/mol. The first-order valence-corrected chi connectivity index (χ1v) is 11.1. The van der Waals surface area contributed by atoms with Crippen LogP contribution in [0.15, 0.2) is 65.8 Å². The Bertz CT molecular complexity index is 1210. The van der Waals surface area contributed by atoms with Crippen molar-refractivity contribution in [2.45, 2.75) is 27.4 Å². The van der Waals surface area contributed by atoms with E-state index < -0.39 is 11.8 Å². The monoisotopic (exact) mass is 479 g/mol. The Morgan fingerprint density at radius 1 is 0.971 bits per heavy atom. The predicted molar refractivity (Wildman–Crippen MR) is 134 cm³/mol. The topological polar surface area (TPSA) is 89.0 Å². The number of halogens is 1. The number of hydrogen-bond acceptors (Lipinski definition) is 5. The average Bonchev–Trinajstić information content (AvgIpc) is 2.81. The fraction of sp³-hybridized carbons (Fsp3) is 0.192. The molecule has 2 amide bonds. The molecule has 0 unspecified atom stereocenters. The van der Waals surface area contributed by atoms with E-state index in [9.17, 15) is 9.59 Å². The van der Waals surface area contributed by atoms with E-state index >= 15 is 0 Å². The molecule has 0 heterocycles. The Kier molecular flexibility index (Phi) is 8.65. The standard InChI is InChI=1S/C26H26ClN3O4/c1-4-33-24-14-19(11-12-23(24)34-16-20-8-5-7-17(2)13-20)15-28-30-26(32)25(31)29-22-10-6-9-21(27)18(22)3/h5-15H,4,16H2,1-3H3,(H,29,31)(H,30,32)/b28-15+. The van der Waals surface area contributed by atoms with Crippen LogP contribution in [-0.2, 0) is 16.2 Å². The third-order valence-corrected chi connectivity index (χ3v) is 5.26. The lowest BCUT2D eigenvalue weighted by atomic mass is 10.1. The lowest BCUT2D eigenvalue weighted by Crippen LogP contribution is -2.32. The highest BCUT2D eigenvalue weighted by atomic mass is 35.5. The van der Waals surface area contributed by atoms with Gasteiger partial charge < -0.3 is 14.8 Å². The van der Waals surface area contributed by atoms with Crippen molar-refractivity contribution in [3.05, 3.63) is 87.9 Å². The van der Waals surface area contributed by atoms with Gasteiger partial charge in [0, 0.05) is 10.7 Å². The van der Waals surface area contributed by atoms with Gasteiger partial charge in [-0.2, -0.15) is 5.10 Å². The third kappa shape index (κ3) is 6.83. The van der Waals surface area contributed by atoms with E-state index in [0.29, 0.717) is 46.5 Å². The summed E-state index contributed by atoms with van der Waals surface area (Å²) < 4.78 is 11.6. The molecule has 3 rings (SSSR count). The summed E-state index contributed by atoms with van der Waals surface area (Å²) in [4.78, 5) is 24.2. The second-order valence-corrected chi connectivity index (χ2v) is 7.89. The molecule has 0 spiro atoms. The van der Waals surface area contributed by atoms with Gasteiger partial charge in [0.2, 0.25) is 0 Å². The zero-order chi connectivity index (χ0) is 24.5. The zero-order valence-corrected chi connectivity index (χ0v) is 20.0. The molecule has 0 bridgehead atoms. The summed E-state index contributed by atoms with van der Waals surface area (Å²) in [5.74, 6) is -0.600. The van der Waals surface area contributed by atoms with E-state index in [1.807, 2.05) is 32.0 Å². The molecule has 0 radical (unpaired) electrons. The van der Waals surface area contributed by atoms with Crippen molar-refractivity contribution in [3.8, 4) is 11.5 Å². The van der Waals surface area contributed by atoms with Gasteiger partial charge in [-0.1, -0.05) is 47.5 Å². The molecule has 34 heavy (non-hydrogen) atoms. The number of anilines is 1. The van der Waals surface area contributed by atoms with Gasteiger partial charge in [-0.25, -0.2) is 5.43 Å². The fourth-order valence-electron chi connectivity index (χ4n) is 3.09. The summed E-state index contributed by atoms with van der Waals surface area (Å²) in [6.07, 6.45) is 1.42. The Morgan fingerprint density at radius 2 is 1.76 bits per heavy atom. The van der Waals surface area contributed by atoms with Crippen molar-refractivity contribution in [1.29, 1.82) is 0 Å². The zero-order valence-electron chi connectivity index (χ0n) is 19.2. The number of hydrogen-bond donors (Lipinski definition) is 2. The molecule has 176 valence electrons. The lowest BCUT2D eigenvalue weighted by Gasteiger charge is -2.13. The van der Waals surface area contributed by atoms with Crippen LogP contribution in [0.4, 0.5) is 5.69 Å². The van der Waals surface area contributed by atoms with Gasteiger partial charge in [-0.15, -0.1) is 0 Å². The number of hydrazone groups is 1. The molecule has 0 aromatic heterocycles. The molecule has 0 aliphatic heterocycles. The van der Waals surface area contributed by atoms with E-state index in [4.69, 9.17) is 21.1 Å². The molecular weight excluding hydrogens is 454 g/mol. The number of aryl methyl sites for hydroxylation is 1. The van der Waals surface area contributed by atoms with Gasteiger partial charge in [0.05, 0.1) is 12.8 Å². The molecule has 3 aromatic rings. The maximum absolute atomic E-state index is 12.1. The maximum atomic E-state index is 12.1. The van der Waals surface area contributed by atoms with Crippen molar-refractivity contribution in [2.24, 2.45) is 5.10 Å². The molecule has 0 saturated heterocycles. The van der Waals surface area contributed by atoms with Crippen LogP contribution >= 0.6 is 11.6 Å². The van der Waals surface area contributed by atoms with E-state index in [0.717, 1.165) is 11.1 Å². The van der Waals surface area contributed by atoms with Gasteiger partial charge in [-0.3, -0.25) is 9.59 Å². The summed E-state index contributed by atoms with van der Waals surface area (Å²) >= 11 is 6.04. The fourth-order valence-corrected chi connectivity index (χ4v) is 3.27. The molecule has 0 aliphatic carbocycles. The summed E-state index contributed by atoms with van der Waals surface area (Å²) in [6, 6.07) is 18.4. The van der Waals surface area contributed by atoms with Crippen LogP contribution in [0, 0.1) is 13.8 Å². The van der Waals surface area contributed by atoms with Gasteiger partial charge in [-0.05, 0) is 67.8 Å². The summed E-state index contributed by atoms with van der Waals surface area (Å²) in [6.45, 7) is 6.53. The molecule has 0 fully saturated rings. The van der Waals surface area contributed by atoms with Crippen LogP contribution in [0.2, 0.25) is 5.02 Å². The first-order valence-electron chi connectivity index (χ1n) is 10.7. The number of amides is 2. The number of carbonyl (C=O) groups is 2. The predicted octanol–water partition coefficient (Wildman–Crippen LogP) is 5.02. The summed E-state index contributed by atoms with van der Waals surface area (Å²) in [5.41, 5.74) is 6.23. The molecule has 7 nitrogen and oxygen atoms in total. The van der Waals surface area contributed by atoms with Crippen LogP contribution in [-0.4, -0.2) is 24.6 Å². The second kappa shape index (κ2) is 11.9. The van der Waals surface area contributed by atoms with E-state index in [2.05, 4.69) is 21.9 Å². The smallest absolute Gasteiger partial charge is 0.329 e. The number of ether oxygens (including phenoxy) is 2. The van der Waals surface area contributed by atoms with E-state index in [1.54, 1.807) is 43.3 Å². The first-order chi connectivity index (χ1) is 16.4. The lowest BCUT2D eigenvalue weighted by molar-refractivity contribution is -0.136. The van der Waals surface area contributed by atoms with Crippen LogP contribution in [0.3, 0.4) is 0 Å². The highest BCUT2D eigenvalue weighted by Crippen LogP contribution is 2.29. The molecular formula is C26H26ClN3O4. The van der Waals surface area contributed by atoms with Crippen LogP contribution in [0.25, 0.3) is 0 Å². The van der Waals surface area contributed by atoms with E-state index in [-0.39, 0.29) is 0 Å². The molecule has 3 aromatic carbocycles. The Balaban J connectivity index is 1.61. The minimum Gasteiger partial charge on any atom is -0.490 e. The van der Waals surface area contributed by atoms with Crippen molar-refractivity contribution in [2.75, 3.05) is 11.9 Å². The summed E-state index contributed by atoms with van der Waals surface area (Å²) in [7, 11) is 0. The molecule has 2 N–H and O–H groups in total. The van der Waals surface area contributed by atoms with Crippen LogP contribution < -0.4 is 20.2 Å². The maximum Gasteiger partial charge on any atom is 0.329 e. The second-order valence-electron chi connectivity index (χ2n) is 7.48. The van der Waals surface area contributed by atoms with Gasteiger partial charge in [0.1, 0.15) is 6.61 Å². The third-order valence-electron chi connectivity index (χ3n) is 4.85. The molecule has 0 saturated carbocycles. The summed E-state index contributed by atoms with van der Waals surface area (Å²) in [5, 5.41) is 6.88. The highest BCUT2D eigenvalue weighted by Gasteiger charge is 2.14. The molecule has 0 aliphatic rings. The number of carbonyl (C=O) groups excluding carboxylic acids is 2. The number of benzene rings is 3. The van der Waals surface area contributed by atoms with Gasteiger partial charge in [0.25, 0.3) is 0 Å². The number of rotatable bonds is 8. The SMILES string of the molecule is CCOc1cc(/C=N/NC(=O)C(=O)Nc2cccc(Cl)c2C)ccc1OCc1cccc(C)c1. The van der Waals surface area contributed by atoms with Crippen molar-refractivity contribution in [3.63, 3.8) is 0 Å². The normalized spacial score (nSPS) is 10.7. The van der Waals surface area contributed by atoms with E-state index in [1.165, 1.54) is 6.21 Å². The molecule has 0 atom stereocenters. The Labute approximate surface area is 203 Å². The first kappa shape index (κ1) is 24.8. The minimum absolute atomic E-state index is 0.409. The number of nitrogens with zero attached hydrogens (tertiary/aromatic N) is 1. The van der Waals surface area contributed by atoms with Crippen LogP contribution in [0.1, 0.15) is 29.2 Å². The highest BCUT2D eigenvalue weighted by molar-refractivity contribution is 6.40. The Hall–Kier alpha value is -3.84. The van der Waals surface area contributed by atoms with Crippen LogP contribution in [0.5, 0.6) is 11.5 Å². The quantitative estimate of drug-likeness (QED) is 0.269. The van der Waals surface area contributed by atoms with Crippen molar-refractivity contribution >= 4 is 35.3 Å². The van der Waals surface area contributed by atoms with Gasteiger partial charge >= 0.3 is 11.8 Å². The minimum atomic E-state index is -0.904.